The summed E-state index contributed by atoms with van der Waals surface area (Å²) in [4.78, 5) is 16.9. The number of hydrogen-bond acceptors (Lipinski definition) is 4. The zero-order valence-corrected chi connectivity index (χ0v) is 14.9. The maximum atomic E-state index is 12.2. The minimum absolute atomic E-state index is 0.0903. The third kappa shape index (κ3) is 5.04. The molecular formula is C18H26N6O. The normalized spacial score (nSPS) is 17.2. The molecule has 3 rings (SSSR count). The fraction of sp³-hybridized carbons (Fsp3) is 0.444. The van der Waals surface area contributed by atoms with Crippen LogP contribution in [0.25, 0.3) is 5.69 Å². The lowest BCUT2D eigenvalue weighted by molar-refractivity contribution is 0.145. The molecule has 25 heavy (non-hydrogen) atoms. The van der Waals surface area contributed by atoms with E-state index in [1.165, 1.54) is 0 Å². The first kappa shape index (κ1) is 17.4. The van der Waals surface area contributed by atoms with Gasteiger partial charge in [0.25, 0.3) is 0 Å². The summed E-state index contributed by atoms with van der Waals surface area (Å²) in [5.41, 5.74) is 1.63. The van der Waals surface area contributed by atoms with Crippen LogP contribution < -0.4 is 10.6 Å². The molecule has 0 radical (unpaired) electrons. The number of nitrogens with zero attached hydrogens (tertiary/aromatic N) is 4. The van der Waals surface area contributed by atoms with E-state index in [4.69, 9.17) is 0 Å². The van der Waals surface area contributed by atoms with Gasteiger partial charge in [0.1, 0.15) is 0 Å². The molecule has 2 aromatic rings. The standard InChI is InChI=1S/C18H26N6O/c1-15(13-23-10-8-22(2)9-11-23)20-18(25)21-16-12-19-24(14-16)17-6-4-3-5-7-17/h3-7,12,14-15H,8-11,13H2,1-2H3,(H2,20,21,25). The SMILES string of the molecule is CC(CN1CCN(C)CC1)NC(=O)Nc1cnn(-c2ccccc2)c1. The van der Waals surface area contributed by atoms with Crippen LogP contribution in [0.1, 0.15) is 6.92 Å². The van der Waals surface area contributed by atoms with Gasteiger partial charge in [-0.1, -0.05) is 18.2 Å². The number of carbonyl (C=O) groups is 1. The molecule has 1 atom stereocenters. The molecule has 7 nitrogen and oxygen atoms in total. The number of carbonyl (C=O) groups excluding carboxylic acids is 1. The summed E-state index contributed by atoms with van der Waals surface area (Å²) in [5.74, 6) is 0. The lowest BCUT2D eigenvalue weighted by Crippen LogP contribution is -2.50. The van der Waals surface area contributed by atoms with Crippen LogP contribution in [0.4, 0.5) is 10.5 Å². The van der Waals surface area contributed by atoms with Crippen molar-refractivity contribution >= 4 is 11.7 Å². The van der Waals surface area contributed by atoms with Gasteiger partial charge < -0.3 is 15.5 Å². The number of amides is 2. The Morgan fingerprint density at radius 1 is 1.20 bits per heavy atom. The van der Waals surface area contributed by atoms with E-state index >= 15 is 0 Å². The third-order valence-corrected chi connectivity index (χ3v) is 4.37. The molecule has 134 valence electrons. The minimum Gasteiger partial charge on any atom is -0.334 e. The molecule has 0 aliphatic carbocycles. The number of piperazine rings is 1. The summed E-state index contributed by atoms with van der Waals surface area (Å²) < 4.78 is 1.74. The number of rotatable bonds is 5. The largest absolute Gasteiger partial charge is 0.334 e. The van der Waals surface area contributed by atoms with E-state index in [1.807, 2.05) is 37.3 Å². The number of nitrogens with one attached hydrogen (secondary N) is 2. The molecule has 7 heteroatoms. The number of para-hydroxylation sites is 1. The Balaban J connectivity index is 1.47. The number of likely N-dealkylation sites (N-methyl/N-ethyl adjacent to an activating group) is 1. The summed E-state index contributed by atoms with van der Waals surface area (Å²) in [6, 6.07) is 9.70. The maximum absolute atomic E-state index is 12.2. The van der Waals surface area contributed by atoms with E-state index in [0.717, 1.165) is 38.4 Å². The quantitative estimate of drug-likeness (QED) is 0.867. The molecule has 1 aromatic heterocycles. The maximum Gasteiger partial charge on any atom is 0.319 e. The fourth-order valence-corrected chi connectivity index (χ4v) is 2.96. The van der Waals surface area contributed by atoms with Crippen LogP contribution in [-0.2, 0) is 0 Å². The van der Waals surface area contributed by atoms with Crippen LogP contribution in [0.2, 0.25) is 0 Å². The lowest BCUT2D eigenvalue weighted by Gasteiger charge is -2.34. The second-order valence-electron chi connectivity index (χ2n) is 6.61. The Bertz CT molecular complexity index is 678. The van der Waals surface area contributed by atoms with Crippen molar-refractivity contribution in [2.75, 3.05) is 45.1 Å². The van der Waals surface area contributed by atoms with Crippen molar-refractivity contribution in [1.29, 1.82) is 0 Å². The summed E-state index contributed by atoms with van der Waals surface area (Å²) in [5, 5.41) is 10.1. The average molecular weight is 342 g/mol. The van der Waals surface area contributed by atoms with E-state index < -0.39 is 0 Å². The van der Waals surface area contributed by atoms with Crippen LogP contribution in [0.3, 0.4) is 0 Å². The zero-order valence-electron chi connectivity index (χ0n) is 14.9. The summed E-state index contributed by atoms with van der Waals surface area (Å²) >= 11 is 0. The van der Waals surface area contributed by atoms with Crippen molar-refractivity contribution in [3.8, 4) is 5.69 Å². The Morgan fingerprint density at radius 3 is 2.64 bits per heavy atom. The van der Waals surface area contributed by atoms with Crippen LogP contribution in [-0.4, -0.2) is 71.4 Å². The van der Waals surface area contributed by atoms with E-state index in [9.17, 15) is 4.79 Å². The Kier molecular flexibility index (Phi) is 5.67. The predicted octanol–water partition coefficient (Wildman–Crippen LogP) is 1.63. The minimum atomic E-state index is -0.200. The van der Waals surface area contributed by atoms with Crippen molar-refractivity contribution in [2.45, 2.75) is 13.0 Å². The fourth-order valence-electron chi connectivity index (χ4n) is 2.96. The first-order valence-corrected chi connectivity index (χ1v) is 8.68. The van der Waals surface area contributed by atoms with Crippen LogP contribution in [0.5, 0.6) is 0 Å². The molecule has 0 bridgehead atoms. The van der Waals surface area contributed by atoms with Gasteiger partial charge in [-0.3, -0.25) is 4.90 Å². The van der Waals surface area contributed by atoms with Gasteiger partial charge in [0, 0.05) is 38.8 Å². The first-order chi connectivity index (χ1) is 12.1. The van der Waals surface area contributed by atoms with Crippen LogP contribution in [0.15, 0.2) is 42.7 Å². The molecule has 1 aromatic carbocycles. The Morgan fingerprint density at radius 2 is 1.92 bits per heavy atom. The average Bonchev–Trinajstić information content (AvgIpc) is 3.06. The highest BCUT2D eigenvalue weighted by molar-refractivity contribution is 5.89. The monoisotopic (exact) mass is 342 g/mol. The molecule has 2 heterocycles. The predicted molar refractivity (Wildman–Crippen MR) is 99.1 cm³/mol. The van der Waals surface area contributed by atoms with E-state index in [-0.39, 0.29) is 12.1 Å². The molecule has 0 saturated carbocycles. The topological polar surface area (TPSA) is 65.4 Å². The number of hydrogen-bond donors (Lipinski definition) is 2. The van der Waals surface area contributed by atoms with Gasteiger partial charge in [-0.2, -0.15) is 5.10 Å². The van der Waals surface area contributed by atoms with Gasteiger partial charge >= 0.3 is 6.03 Å². The second-order valence-corrected chi connectivity index (χ2v) is 6.61. The van der Waals surface area contributed by atoms with Crippen LogP contribution >= 0.6 is 0 Å². The van der Waals surface area contributed by atoms with E-state index in [2.05, 4.69) is 32.6 Å². The molecular weight excluding hydrogens is 316 g/mol. The van der Waals surface area contributed by atoms with Gasteiger partial charge in [-0.15, -0.1) is 0 Å². The number of aromatic nitrogens is 2. The zero-order chi connectivity index (χ0) is 17.6. The molecule has 2 amide bonds. The second kappa shape index (κ2) is 8.13. The molecule has 1 saturated heterocycles. The van der Waals surface area contributed by atoms with E-state index in [0.29, 0.717) is 5.69 Å². The highest BCUT2D eigenvalue weighted by Gasteiger charge is 2.17. The highest BCUT2D eigenvalue weighted by atomic mass is 16.2. The van der Waals surface area contributed by atoms with Crippen molar-refractivity contribution in [1.82, 2.24) is 24.9 Å². The Labute approximate surface area is 148 Å². The van der Waals surface area contributed by atoms with Gasteiger partial charge in [-0.25, -0.2) is 9.48 Å². The van der Waals surface area contributed by atoms with Gasteiger partial charge in [-0.05, 0) is 26.1 Å². The molecule has 1 unspecified atom stereocenters. The van der Waals surface area contributed by atoms with Crippen molar-refractivity contribution < 1.29 is 4.79 Å². The Hall–Kier alpha value is -2.38. The van der Waals surface area contributed by atoms with Crippen molar-refractivity contribution in [3.05, 3.63) is 42.7 Å². The third-order valence-electron chi connectivity index (χ3n) is 4.37. The summed E-state index contributed by atoms with van der Waals surface area (Å²) in [6.45, 7) is 7.16. The molecule has 1 fully saturated rings. The number of benzene rings is 1. The van der Waals surface area contributed by atoms with Gasteiger partial charge in [0.05, 0.1) is 23.8 Å². The van der Waals surface area contributed by atoms with Gasteiger partial charge in [0.15, 0.2) is 0 Å². The lowest BCUT2D eigenvalue weighted by atomic mass is 10.2. The number of urea groups is 1. The first-order valence-electron chi connectivity index (χ1n) is 8.68. The van der Waals surface area contributed by atoms with Crippen LogP contribution in [0, 0.1) is 0 Å². The smallest absolute Gasteiger partial charge is 0.319 e. The summed E-state index contributed by atoms with van der Waals surface area (Å²) in [6.07, 6.45) is 3.46. The molecule has 0 spiro atoms. The van der Waals surface area contributed by atoms with Crippen molar-refractivity contribution in [2.24, 2.45) is 0 Å². The van der Waals surface area contributed by atoms with Crippen molar-refractivity contribution in [3.63, 3.8) is 0 Å². The molecule has 1 aliphatic rings. The van der Waals surface area contributed by atoms with E-state index in [1.54, 1.807) is 17.1 Å². The van der Waals surface area contributed by atoms with Gasteiger partial charge in [0.2, 0.25) is 0 Å². The molecule has 1 aliphatic heterocycles. The molecule has 2 N–H and O–H groups in total. The highest BCUT2D eigenvalue weighted by Crippen LogP contribution is 2.11. The summed E-state index contributed by atoms with van der Waals surface area (Å²) in [7, 11) is 2.14. The number of anilines is 1.